The Morgan fingerprint density at radius 2 is 1.97 bits per heavy atom. The van der Waals surface area contributed by atoms with E-state index in [1.165, 1.54) is 6.07 Å². The maximum absolute atomic E-state index is 11.8. The lowest BCUT2D eigenvalue weighted by Crippen LogP contribution is -2.40. The SMILES string of the molecule is COC1=C(Nc2ccc(S(C)(=O)=O)nc2C)NC=NC1OC1CCN(c2nc(C(C)C)no2)CC1. The second kappa shape index (κ2) is 10.2. The Balaban J connectivity index is 1.41. The summed E-state index contributed by atoms with van der Waals surface area (Å²) in [5.41, 5.74) is 1.17. The number of rotatable bonds is 8. The number of nitrogens with one attached hydrogen (secondary N) is 2. The zero-order valence-corrected chi connectivity index (χ0v) is 21.3. The van der Waals surface area contributed by atoms with E-state index in [1.807, 2.05) is 13.8 Å². The third kappa shape index (κ3) is 5.73. The Hall–Kier alpha value is -3.19. The van der Waals surface area contributed by atoms with Crippen LogP contribution >= 0.6 is 0 Å². The molecule has 4 heterocycles. The summed E-state index contributed by atoms with van der Waals surface area (Å²) in [4.78, 5) is 15.1. The molecule has 0 radical (unpaired) electrons. The standard InChI is InChI=1S/C22H31N7O5S/c1-13(2)19-27-22(34-28-19)29-10-8-15(9-11-29)33-21-18(32-4)20(23-12-24-21)26-16-6-7-17(25-14(16)3)35(5,30)31/h6-7,12-13,15,21,26H,8-11H2,1-5H3,(H,23,24). The summed E-state index contributed by atoms with van der Waals surface area (Å²) in [5, 5.41) is 10.3. The van der Waals surface area contributed by atoms with Crippen molar-refractivity contribution in [3.05, 3.63) is 35.2 Å². The molecule has 0 aliphatic carbocycles. The summed E-state index contributed by atoms with van der Waals surface area (Å²) in [6, 6.07) is 3.67. The van der Waals surface area contributed by atoms with Gasteiger partial charge in [0, 0.05) is 25.3 Å². The molecule has 0 saturated carbocycles. The highest BCUT2D eigenvalue weighted by Gasteiger charge is 2.30. The number of aliphatic imine (C=N–C) groups is 1. The fraction of sp³-hybridized carbons (Fsp3) is 0.545. The van der Waals surface area contributed by atoms with Crippen molar-refractivity contribution in [2.24, 2.45) is 4.99 Å². The van der Waals surface area contributed by atoms with E-state index in [4.69, 9.17) is 14.0 Å². The molecule has 35 heavy (non-hydrogen) atoms. The molecule has 2 aromatic heterocycles. The first-order valence-electron chi connectivity index (χ1n) is 11.4. The number of hydrogen-bond acceptors (Lipinski definition) is 12. The van der Waals surface area contributed by atoms with Crippen molar-refractivity contribution in [1.82, 2.24) is 20.4 Å². The van der Waals surface area contributed by atoms with Gasteiger partial charge in [-0.2, -0.15) is 4.98 Å². The van der Waals surface area contributed by atoms with Crippen molar-refractivity contribution >= 4 is 27.9 Å². The van der Waals surface area contributed by atoms with E-state index in [1.54, 1.807) is 26.4 Å². The number of hydrogen-bond donors (Lipinski definition) is 2. The van der Waals surface area contributed by atoms with Gasteiger partial charge in [0.1, 0.15) is 0 Å². The lowest BCUT2D eigenvalue weighted by Gasteiger charge is -2.33. The zero-order chi connectivity index (χ0) is 25.2. The third-order valence-electron chi connectivity index (χ3n) is 5.79. The molecular formula is C22H31N7O5S. The fourth-order valence-corrected chi connectivity index (χ4v) is 4.41. The Labute approximate surface area is 204 Å². The molecule has 2 aliphatic rings. The van der Waals surface area contributed by atoms with Crippen LogP contribution in [0, 0.1) is 6.92 Å². The molecule has 0 bridgehead atoms. The summed E-state index contributed by atoms with van der Waals surface area (Å²) >= 11 is 0. The van der Waals surface area contributed by atoms with Gasteiger partial charge in [0.25, 0.3) is 0 Å². The van der Waals surface area contributed by atoms with Crippen LogP contribution in [-0.2, 0) is 19.3 Å². The third-order valence-corrected chi connectivity index (χ3v) is 6.78. The van der Waals surface area contributed by atoms with E-state index in [-0.39, 0.29) is 17.0 Å². The van der Waals surface area contributed by atoms with Gasteiger partial charge in [-0.3, -0.25) is 0 Å². The van der Waals surface area contributed by atoms with E-state index in [9.17, 15) is 8.42 Å². The molecule has 190 valence electrons. The Bertz CT molecular complexity index is 1220. The van der Waals surface area contributed by atoms with Crippen LogP contribution in [0.25, 0.3) is 0 Å². The van der Waals surface area contributed by atoms with Crippen LogP contribution in [0.4, 0.5) is 11.7 Å². The first kappa shape index (κ1) is 24.9. The summed E-state index contributed by atoms with van der Waals surface area (Å²) < 4.78 is 40.9. The maximum Gasteiger partial charge on any atom is 0.324 e. The molecule has 12 nitrogen and oxygen atoms in total. The number of aromatic nitrogens is 3. The molecule has 4 rings (SSSR count). The predicted octanol–water partition coefficient (Wildman–Crippen LogP) is 2.17. The Kier molecular flexibility index (Phi) is 7.26. The van der Waals surface area contributed by atoms with Crippen molar-refractivity contribution in [3.8, 4) is 0 Å². The monoisotopic (exact) mass is 505 g/mol. The maximum atomic E-state index is 11.8. The van der Waals surface area contributed by atoms with Gasteiger partial charge in [0.15, 0.2) is 32.3 Å². The van der Waals surface area contributed by atoms with Crippen LogP contribution in [-0.4, -0.2) is 68.7 Å². The Morgan fingerprint density at radius 1 is 1.23 bits per heavy atom. The highest BCUT2D eigenvalue weighted by Crippen LogP contribution is 2.26. The van der Waals surface area contributed by atoms with Gasteiger partial charge < -0.3 is 29.5 Å². The van der Waals surface area contributed by atoms with E-state index < -0.39 is 16.1 Å². The zero-order valence-electron chi connectivity index (χ0n) is 20.5. The molecule has 1 fully saturated rings. The van der Waals surface area contributed by atoms with Crippen LogP contribution in [0.1, 0.15) is 44.1 Å². The van der Waals surface area contributed by atoms with Crippen molar-refractivity contribution in [2.75, 3.05) is 36.7 Å². The van der Waals surface area contributed by atoms with E-state index in [0.717, 1.165) is 32.2 Å². The van der Waals surface area contributed by atoms with Gasteiger partial charge in [0.2, 0.25) is 6.23 Å². The largest absolute Gasteiger partial charge is 0.493 e. The van der Waals surface area contributed by atoms with Gasteiger partial charge >= 0.3 is 6.01 Å². The molecule has 0 spiro atoms. The van der Waals surface area contributed by atoms with Gasteiger partial charge in [-0.05, 0) is 31.9 Å². The van der Waals surface area contributed by atoms with Gasteiger partial charge in [0.05, 0.1) is 30.9 Å². The molecule has 1 atom stereocenters. The highest BCUT2D eigenvalue weighted by atomic mass is 32.2. The summed E-state index contributed by atoms with van der Waals surface area (Å²) in [6.07, 6.45) is 3.57. The molecule has 13 heteroatoms. The number of ether oxygens (including phenoxy) is 2. The number of pyridine rings is 1. The minimum atomic E-state index is -3.39. The molecular weight excluding hydrogens is 474 g/mol. The second-order valence-corrected chi connectivity index (χ2v) is 10.8. The number of aryl methyl sites for hydroxylation is 1. The van der Waals surface area contributed by atoms with E-state index in [0.29, 0.717) is 34.8 Å². The number of methoxy groups -OCH3 is 1. The van der Waals surface area contributed by atoms with Crippen LogP contribution < -0.4 is 15.5 Å². The predicted molar refractivity (Wildman–Crippen MR) is 130 cm³/mol. The number of anilines is 2. The quantitative estimate of drug-likeness (QED) is 0.544. The molecule has 0 aromatic carbocycles. The van der Waals surface area contributed by atoms with Crippen LogP contribution in [0.3, 0.4) is 0 Å². The number of piperidine rings is 1. The van der Waals surface area contributed by atoms with Crippen molar-refractivity contribution in [2.45, 2.75) is 56.9 Å². The average molecular weight is 506 g/mol. The molecule has 2 aliphatic heterocycles. The molecule has 2 N–H and O–H groups in total. The summed E-state index contributed by atoms with van der Waals surface area (Å²) in [7, 11) is -1.84. The molecule has 0 amide bonds. The van der Waals surface area contributed by atoms with Crippen molar-refractivity contribution < 1.29 is 22.4 Å². The topological polar surface area (TPSA) is 144 Å². The van der Waals surface area contributed by atoms with E-state index >= 15 is 0 Å². The number of nitrogens with zero attached hydrogens (tertiary/aromatic N) is 5. The van der Waals surface area contributed by atoms with E-state index in [2.05, 4.69) is 35.7 Å². The van der Waals surface area contributed by atoms with Gasteiger partial charge in [-0.1, -0.05) is 19.0 Å². The summed E-state index contributed by atoms with van der Waals surface area (Å²) in [6.45, 7) is 7.25. The van der Waals surface area contributed by atoms with Crippen LogP contribution in [0.2, 0.25) is 0 Å². The normalized spacial score (nSPS) is 19.3. The Morgan fingerprint density at radius 3 is 2.57 bits per heavy atom. The fourth-order valence-electron chi connectivity index (χ4n) is 3.80. The molecule has 1 unspecified atom stereocenters. The highest BCUT2D eigenvalue weighted by molar-refractivity contribution is 7.90. The van der Waals surface area contributed by atoms with Gasteiger partial charge in [-0.15, -0.1) is 0 Å². The smallest absolute Gasteiger partial charge is 0.324 e. The molecule has 1 saturated heterocycles. The minimum absolute atomic E-state index is 0.0215. The first-order chi connectivity index (χ1) is 16.7. The van der Waals surface area contributed by atoms with Crippen LogP contribution in [0.15, 0.2) is 38.3 Å². The van der Waals surface area contributed by atoms with Crippen LogP contribution in [0.5, 0.6) is 0 Å². The minimum Gasteiger partial charge on any atom is -0.493 e. The number of sulfone groups is 1. The van der Waals surface area contributed by atoms with Gasteiger partial charge in [-0.25, -0.2) is 18.4 Å². The lowest BCUT2D eigenvalue weighted by atomic mass is 10.1. The van der Waals surface area contributed by atoms with Crippen molar-refractivity contribution in [1.29, 1.82) is 0 Å². The summed E-state index contributed by atoms with van der Waals surface area (Å²) in [5.74, 6) is 1.95. The first-order valence-corrected chi connectivity index (χ1v) is 13.3. The lowest BCUT2D eigenvalue weighted by molar-refractivity contribution is -0.0257. The molecule has 2 aromatic rings. The van der Waals surface area contributed by atoms with Crippen molar-refractivity contribution in [3.63, 3.8) is 0 Å². The average Bonchev–Trinajstić information content (AvgIpc) is 3.31. The second-order valence-electron chi connectivity index (χ2n) is 8.81.